The Bertz CT molecular complexity index is 771. The molecule has 2 rings (SSSR count). The first-order valence-corrected chi connectivity index (χ1v) is 9.23. The van der Waals surface area contributed by atoms with Crippen LogP contribution in [-0.4, -0.2) is 35.9 Å². The van der Waals surface area contributed by atoms with Crippen LogP contribution in [0.4, 0.5) is 4.39 Å². The number of rotatable bonds is 5. The van der Waals surface area contributed by atoms with Gasteiger partial charge < -0.3 is 4.57 Å². The number of nitrogens with zero attached hydrogens (tertiary/aromatic N) is 2. The predicted molar refractivity (Wildman–Crippen MR) is 83.3 cm³/mol. The Hall–Kier alpha value is -1.14. The molecule has 0 saturated carbocycles. The van der Waals surface area contributed by atoms with E-state index in [9.17, 15) is 12.8 Å². The predicted octanol–water partition coefficient (Wildman–Crippen LogP) is 2.87. The van der Waals surface area contributed by atoms with Crippen molar-refractivity contribution < 1.29 is 12.8 Å². The molecule has 0 radical (unpaired) electrons. The lowest BCUT2D eigenvalue weighted by Crippen LogP contribution is -2.18. The third-order valence-electron chi connectivity index (χ3n) is 3.35. The smallest absolute Gasteiger partial charge is 0.149 e. The molecule has 1 aromatic heterocycles. The standard InChI is InChI=1S/C14H18ClFN2O2S/c1-9-6-13-12(7-11(9)16)17-14(4-5-15)18(13)10(2)8-21(3,19)20/h6-7,10H,4-5,8H2,1-3H3. The Morgan fingerprint density at radius 1 is 1.43 bits per heavy atom. The Morgan fingerprint density at radius 3 is 2.67 bits per heavy atom. The van der Waals surface area contributed by atoms with Gasteiger partial charge in [-0.1, -0.05) is 0 Å². The van der Waals surface area contributed by atoms with Crippen molar-refractivity contribution >= 4 is 32.5 Å². The first kappa shape index (κ1) is 16.2. The van der Waals surface area contributed by atoms with Crippen LogP contribution in [0, 0.1) is 12.7 Å². The molecule has 7 heteroatoms. The molecule has 1 aromatic carbocycles. The van der Waals surface area contributed by atoms with Crippen molar-refractivity contribution in [3.05, 3.63) is 29.3 Å². The van der Waals surface area contributed by atoms with Gasteiger partial charge in [0.15, 0.2) is 0 Å². The number of sulfone groups is 1. The van der Waals surface area contributed by atoms with E-state index in [2.05, 4.69) is 4.98 Å². The fourth-order valence-electron chi connectivity index (χ4n) is 2.54. The number of imidazole rings is 1. The van der Waals surface area contributed by atoms with E-state index in [4.69, 9.17) is 11.6 Å². The van der Waals surface area contributed by atoms with E-state index in [0.29, 0.717) is 29.2 Å². The van der Waals surface area contributed by atoms with Crippen LogP contribution in [0.3, 0.4) is 0 Å². The SMILES string of the molecule is Cc1cc2c(cc1F)nc(CCCl)n2C(C)CS(C)(=O)=O. The van der Waals surface area contributed by atoms with E-state index in [0.717, 1.165) is 5.52 Å². The second kappa shape index (κ2) is 5.93. The summed E-state index contributed by atoms with van der Waals surface area (Å²) in [5.74, 6) is 0.738. The summed E-state index contributed by atoms with van der Waals surface area (Å²) in [7, 11) is -3.12. The van der Waals surface area contributed by atoms with Gasteiger partial charge in [0.25, 0.3) is 0 Å². The molecule has 0 amide bonds. The minimum atomic E-state index is -3.12. The molecular weight excluding hydrogens is 315 g/mol. The Labute approximate surface area is 128 Å². The second-order valence-electron chi connectivity index (χ2n) is 5.37. The summed E-state index contributed by atoms with van der Waals surface area (Å²) in [6.45, 7) is 3.49. The van der Waals surface area contributed by atoms with Crippen molar-refractivity contribution in [3.8, 4) is 0 Å². The molecule has 1 atom stereocenters. The number of hydrogen-bond acceptors (Lipinski definition) is 3. The van der Waals surface area contributed by atoms with Gasteiger partial charge in [-0.05, 0) is 25.5 Å². The highest BCUT2D eigenvalue weighted by molar-refractivity contribution is 7.90. The van der Waals surface area contributed by atoms with Crippen LogP contribution in [0.2, 0.25) is 0 Å². The lowest BCUT2D eigenvalue weighted by Gasteiger charge is -2.16. The van der Waals surface area contributed by atoms with E-state index >= 15 is 0 Å². The van der Waals surface area contributed by atoms with Gasteiger partial charge in [-0.15, -0.1) is 11.6 Å². The van der Waals surface area contributed by atoms with Gasteiger partial charge in [0.1, 0.15) is 21.5 Å². The van der Waals surface area contributed by atoms with Crippen LogP contribution in [0.1, 0.15) is 24.4 Å². The average molecular weight is 333 g/mol. The zero-order valence-corrected chi connectivity index (χ0v) is 13.8. The summed E-state index contributed by atoms with van der Waals surface area (Å²) in [5.41, 5.74) is 1.77. The maximum Gasteiger partial charge on any atom is 0.149 e. The molecule has 0 bridgehead atoms. The first-order chi connectivity index (χ1) is 9.73. The highest BCUT2D eigenvalue weighted by atomic mass is 35.5. The van der Waals surface area contributed by atoms with Gasteiger partial charge >= 0.3 is 0 Å². The summed E-state index contributed by atoms with van der Waals surface area (Å²) in [6.07, 6.45) is 1.71. The summed E-state index contributed by atoms with van der Waals surface area (Å²) in [4.78, 5) is 4.40. The third kappa shape index (κ3) is 3.55. The monoisotopic (exact) mass is 332 g/mol. The van der Waals surface area contributed by atoms with Gasteiger partial charge in [-0.3, -0.25) is 0 Å². The number of halogens is 2. The van der Waals surface area contributed by atoms with Crippen LogP contribution in [0.25, 0.3) is 11.0 Å². The van der Waals surface area contributed by atoms with Crippen molar-refractivity contribution in [2.45, 2.75) is 26.3 Å². The van der Waals surface area contributed by atoms with Gasteiger partial charge in [0.2, 0.25) is 0 Å². The number of aromatic nitrogens is 2. The Morgan fingerprint density at radius 2 is 2.10 bits per heavy atom. The highest BCUT2D eigenvalue weighted by Crippen LogP contribution is 2.25. The lowest BCUT2D eigenvalue weighted by molar-refractivity contribution is 0.557. The highest BCUT2D eigenvalue weighted by Gasteiger charge is 2.20. The van der Waals surface area contributed by atoms with Crippen LogP contribution in [0.15, 0.2) is 12.1 Å². The average Bonchev–Trinajstić information content (AvgIpc) is 2.65. The maximum absolute atomic E-state index is 13.7. The van der Waals surface area contributed by atoms with Crippen LogP contribution >= 0.6 is 11.6 Å². The first-order valence-electron chi connectivity index (χ1n) is 6.63. The van der Waals surface area contributed by atoms with E-state index in [1.54, 1.807) is 13.0 Å². The number of alkyl halides is 1. The van der Waals surface area contributed by atoms with Crippen molar-refractivity contribution in [2.75, 3.05) is 17.9 Å². The molecule has 21 heavy (non-hydrogen) atoms. The fourth-order valence-corrected chi connectivity index (χ4v) is 3.73. The Kier molecular flexibility index (Phi) is 4.58. The number of aryl methyl sites for hydroxylation is 2. The molecular formula is C14H18ClFN2O2S. The van der Waals surface area contributed by atoms with Gasteiger partial charge in [-0.2, -0.15) is 0 Å². The van der Waals surface area contributed by atoms with E-state index < -0.39 is 9.84 Å². The normalized spacial score (nSPS) is 13.8. The molecule has 1 heterocycles. The molecule has 0 aliphatic heterocycles. The number of hydrogen-bond donors (Lipinski definition) is 0. The lowest BCUT2D eigenvalue weighted by atomic mass is 10.2. The molecule has 0 N–H and O–H groups in total. The molecule has 0 aliphatic carbocycles. The minimum absolute atomic E-state index is 0.00414. The van der Waals surface area contributed by atoms with Crippen molar-refractivity contribution in [1.82, 2.24) is 9.55 Å². The topological polar surface area (TPSA) is 52.0 Å². The van der Waals surface area contributed by atoms with Gasteiger partial charge in [0, 0.05) is 30.7 Å². The zero-order valence-electron chi connectivity index (χ0n) is 12.2. The molecule has 0 spiro atoms. The summed E-state index contributed by atoms with van der Waals surface area (Å²) in [5, 5.41) is 0. The van der Waals surface area contributed by atoms with Crippen LogP contribution in [0.5, 0.6) is 0 Å². The zero-order chi connectivity index (χ0) is 15.8. The third-order valence-corrected chi connectivity index (χ3v) is 4.62. The maximum atomic E-state index is 13.7. The van der Waals surface area contributed by atoms with Crippen molar-refractivity contribution in [1.29, 1.82) is 0 Å². The van der Waals surface area contributed by atoms with E-state index in [1.807, 2.05) is 11.5 Å². The van der Waals surface area contributed by atoms with Gasteiger partial charge in [-0.25, -0.2) is 17.8 Å². The molecule has 2 aromatic rings. The minimum Gasteiger partial charge on any atom is -0.324 e. The molecule has 0 aliphatic rings. The molecule has 0 saturated heterocycles. The summed E-state index contributed by atoms with van der Waals surface area (Å²) >= 11 is 5.79. The van der Waals surface area contributed by atoms with Crippen molar-refractivity contribution in [2.24, 2.45) is 0 Å². The van der Waals surface area contributed by atoms with E-state index in [1.165, 1.54) is 12.3 Å². The van der Waals surface area contributed by atoms with Gasteiger partial charge in [0.05, 0.1) is 16.8 Å². The van der Waals surface area contributed by atoms with Crippen LogP contribution in [-0.2, 0) is 16.3 Å². The van der Waals surface area contributed by atoms with E-state index in [-0.39, 0.29) is 17.6 Å². The molecule has 1 unspecified atom stereocenters. The number of fused-ring (bicyclic) bond motifs is 1. The second-order valence-corrected chi connectivity index (χ2v) is 7.93. The Balaban J connectivity index is 2.62. The largest absolute Gasteiger partial charge is 0.324 e. The summed E-state index contributed by atoms with van der Waals surface area (Å²) in [6, 6.07) is 2.80. The quantitative estimate of drug-likeness (QED) is 0.791. The molecule has 0 fully saturated rings. The molecule has 4 nitrogen and oxygen atoms in total. The molecule has 116 valence electrons. The number of benzene rings is 1. The fraction of sp³-hybridized carbons (Fsp3) is 0.500. The van der Waals surface area contributed by atoms with Crippen molar-refractivity contribution in [3.63, 3.8) is 0 Å². The van der Waals surface area contributed by atoms with Crippen LogP contribution < -0.4 is 0 Å². The summed E-state index contributed by atoms with van der Waals surface area (Å²) < 4.78 is 38.6.